The summed E-state index contributed by atoms with van der Waals surface area (Å²) >= 11 is 5.85. The molecule has 25 heavy (non-hydrogen) atoms. The van der Waals surface area contributed by atoms with E-state index >= 15 is 0 Å². The largest absolute Gasteiger partial charge is 0.496 e. The van der Waals surface area contributed by atoms with Crippen molar-refractivity contribution in [2.75, 3.05) is 13.7 Å². The minimum Gasteiger partial charge on any atom is -0.496 e. The molecule has 0 aliphatic carbocycles. The van der Waals surface area contributed by atoms with Gasteiger partial charge in [-0.3, -0.25) is 20.4 Å². The van der Waals surface area contributed by atoms with Crippen LogP contribution in [0.4, 0.5) is 4.79 Å². The number of benzene rings is 1. The maximum absolute atomic E-state index is 12.1. The third-order valence-electron chi connectivity index (χ3n) is 2.74. The minimum absolute atomic E-state index is 0.0355. The van der Waals surface area contributed by atoms with Gasteiger partial charge in [0.25, 0.3) is 5.91 Å². The van der Waals surface area contributed by atoms with Gasteiger partial charge in [0.15, 0.2) is 0 Å². The fraction of sp³-hybridized carbons (Fsp3) is 0.438. The quantitative estimate of drug-likeness (QED) is 0.687. The Morgan fingerprint density at radius 2 is 1.84 bits per heavy atom. The van der Waals surface area contributed by atoms with E-state index in [9.17, 15) is 14.4 Å². The molecule has 1 aromatic rings. The normalized spacial score (nSPS) is 10.6. The van der Waals surface area contributed by atoms with Gasteiger partial charge in [-0.05, 0) is 39.0 Å². The van der Waals surface area contributed by atoms with Crippen molar-refractivity contribution < 1.29 is 23.9 Å². The Hall–Kier alpha value is -2.48. The molecule has 1 aromatic carbocycles. The lowest BCUT2D eigenvalue weighted by Crippen LogP contribution is -2.43. The van der Waals surface area contributed by atoms with Gasteiger partial charge in [-0.15, -0.1) is 0 Å². The zero-order valence-corrected chi connectivity index (χ0v) is 15.3. The second-order valence-corrected chi connectivity index (χ2v) is 6.46. The van der Waals surface area contributed by atoms with Crippen LogP contribution in [0.3, 0.4) is 0 Å². The van der Waals surface area contributed by atoms with Crippen molar-refractivity contribution in [3.05, 3.63) is 28.8 Å². The molecule has 0 heterocycles. The molecule has 0 spiro atoms. The number of hydrazine groups is 1. The first kappa shape index (κ1) is 20.6. The summed E-state index contributed by atoms with van der Waals surface area (Å²) in [4.78, 5) is 35.2. The molecule has 0 aliphatic rings. The molecule has 0 saturated carbocycles. The van der Waals surface area contributed by atoms with Crippen LogP contribution in [0.1, 0.15) is 37.6 Å². The lowest BCUT2D eigenvalue weighted by atomic mass is 10.2. The number of carbonyl (C=O) groups excluding carboxylic acids is 3. The zero-order valence-electron chi connectivity index (χ0n) is 14.6. The lowest BCUT2D eigenvalue weighted by molar-refractivity contribution is -0.121. The van der Waals surface area contributed by atoms with Gasteiger partial charge in [-0.2, -0.15) is 0 Å². The van der Waals surface area contributed by atoms with Crippen molar-refractivity contribution >= 4 is 29.5 Å². The molecule has 138 valence electrons. The highest BCUT2D eigenvalue weighted by Crippen LogP contribution is 2.22. The van der Waals surface area contributed by atoms with Gasteiger partial charge >= 0.3 is 6.09 Å². The van der Waals surface area contributed by atoms with Gasteiger partial charge in [0, 0.05) is 18.0 Å². The van der Waals surface area contributed by atoms with E-state index in [4.69, 9.17) is 21.1 Å². The number of carbonyl (C=O) groups is 3. The van der Waals surface area contributed by atoms with Crippen LogP contribution >= 0.6 is 11.6 Å². The molecule has 8 nitrogen and oxygen atoms in total. The molecule has 0 saturated heterocycles. The highest BCUT2D eigenvalue weighted by molar-refractivity contribution is 6.31. The summed E-state index contributed by atoms with van der Waals surface area (Å²) in [7, 11) is 1.42. The highest BCUT2D eigenvalue weighted by atomic mass is 35.5. The number of nitrogens with one attached hydrogen (secondary N) is 3. The monoisotopic (exact) mass is 371 g/mol. The van der Waals surface area contributed by atoms with Gasteiger partial charge in [-0.1, -0.05) is 11.6 Å². The van der Waals surface area contributed by atoms with Crippen molar-refractivity contribution in [1.29, 1.82) is 0 Å². The van der Waals surface area contributed by atoms with E-state index in [1.165, 1.54) is 13.2 Å². The van der Waals surface area contributed by atoms with Crippen LogP contribution in [0.15, 0.2) is 18.2 Å². The number of ether oxygens (including phenoxy) is 2. The maximum atomic E-state index is 12.1. The number of hydrogen-bond donors (Lipinski definition) is 3. The van der Waals surface area contributed by atoms with Crippen LogP contribution in [0.25, 0.3) is 0 Å². The van der Waals surface area contributed by atoms with Crippen molar-refractivity contribution in [3.63, 3.8) is 0 Å². The maximum Gasteiger partial charge on any atom is 0.407 e. The molecule has 0 aliphatic heterocycles. The van der Waals surface area contributed by atoms with E-state index in [2.05, 4.69) is 16.2 Å². The molecule has 9 heteroatoms. The van der Waals surface area contributed by atoms with Gasteiger partial charge in [-0.25, -0.2) is 4.79 Å². The van der Waals surface area contributed by atoms with E-state index in [0.717, 1.165) is 0 Å². The SMILES string of the molecule is COc1ccc(Cl)cc1C(=O)NNC(=O)CCNC(=O)OC(C)(C)C. The summed E-state index contributed by atoms with van der Waals surface area (Å²) in [5.41, 5.74) is 4.07. The molecule has 0 atom stereocenters. The summed E-state index contributed by atoms with van der Waals surface area (Å²) in [6.07, 6.45) is -0.653. The number of hydrogen-bond acceptors (Lipinski definition) is 5. The number of halogens is 1. The predicted molar refractivity (Wildman–Crippen MR) is 92.5 cm³/mol. The van der Waals surface area contributed by atoms with Crippen LogP contribution in [-0.4, -0.2) is 37.2 Å². The van der Waals surface area contributed by atoms with Gasteiger partial charge in [0.05, 0.1) is 12.7 Å². The number of methoxy groups -OCH3 is 1. The Balaban J connectivity index is 2.40. The molecule has 0 bridgehead atoms. The Bertz CT molecular complexity index is 643. The first-order valence-corrected chi connectivity index (χ1v) is 7.90. The molecule has 0 aromatic heterocycles. The molecular formula is C16H22ClN3O5. The smallest absolute Gasteiger partial charge is 0.407 e. The summed E-state index contributed by atoms with van der Waals surface area (Å²) < 4.78 is 10.1. The molecule has 3 amide bonds. The summed E-state index contributed by atoms with van der Waals surface area (Å²) in [6, 6.07) is 4.55. The van der Waals surface area contributed by atoms with E-state index in [0.29, 0.717) is 10.8 Å². The highest BCUT2D eigenvalue weighted by Gasteiger charge is 2.16. The van der Waals surface area contributed by atoms with Crippen LogP contribution in [-0.2, 0) is 9.53 Å². The van der Waals surface area contributed by atoms with Crippen LogP contribution in [0, 0.1) is 0 Å². The van der Waals surface area contributed by atoms with Crippen molar-refractivity contribution in [2.24, 2.45) is 0 Å². The number of rotatable bonds is 5. The minimum atomic E-state index is -0.618. The second kappa shape index (κ2) is 9.12. The molecular weight excluding hydrogens is 350 g/mol. The predicted octanol–water partition coefficient (Wildman–Crippen LogP) is 2.02. The van der Waals surface area contributed by atoms with Crippen LogP contribution in [0.2, 0.25) is 5.02 Å². The van der Waals surface area contributed by atoms with E-state index in [1.807, 2.05) is 0 Å². The summed E-state index contributed by atoms with van der Waals surface area (Å²) in [6.45, 7) is 5.27. The average molecular weight is 372 g/mol. The van der Waals surface area contributed by atoms with Gasteiger partial charge < -0.3 is 14.8 Å². The Labute approximate surface area is 151 Å². The number of alkyl carbamates (subject to hydrolysis) is 1. The third-order valence-corrected chi connectivity index (χ3v) is 2.98. The fourth-order valence-electron chi connectivity index (χ4n) is 1.71. The van der Waals surface area contributed by atoms with Crippen molar-refractivity contribution in [2.45, 2.75) is 32.8 Å². The Morgan fingerprint density at radius 1 is 1.16 bits per heavy atom. The molecule has 0 unspecified atom stereocenters. The van der Waals surface area contributed by atoms with Crippen molar-refractivity contribution in [1.82, 2.24) is 16.2 Å². The molecule has 0 fully saturated rings. The molecule has 0 radical (unpaired) electrons. The van der Waals surface area contributed by atoms with Crippen molar-refractivity contribution in [3.8, 4) is 5.75 Å². The molecule has 3 N–H and O–H groups in total. The van der Waals surface area contributed by atoms with E-state index in [-0.39, 0.29) is 18.5 Å². The van der Waals surface area contributed by atoms with Gasteiger partial charge in [0.2, 0.25) is 5.91 Å². The lowest BCUT2D eigenvalue weighted by Gasteiger charge is -2.19. The summed E-state index contributed by atoms with van der Waals surface area (Å²) in [5, 5.41) is 2.80. The Kier molecular flexibility index (Phi) is 7.50. The second-order valence-electron chi connectivity index (χ2n) is 6.03. The topological polar surface area (TPSA) is 106 Å². The van der Waals surface area contributed by atoms with Crippen LogP contribution in [0.5, 0.6) is 5.75 Å². The fourth-order valence-corrected chi connectivity index (χ4v) is 1.88. The average Bonchev–Trinajstić information content (AvgIpc) is 2.50. The third kappa shape index (κ3) is 7.75. The first-order valence-electron chi connectivity index (χ1n) is 7.52. The standard InChI is InChI=1S/C16H22ClN3O5/c1-16(2,3)25-15(23)18-8-7-13(21)19-20-14(22)11-9-10(17)5-6-12(11)24-4/h5-6,9H,7-8H2,1-4H3,(H,18,23)(H,19,21)(H,20,22). The zero-order chi connectivity index (χ0) is 19.0. The van der Waals surface area contributed by atoms with Gasteiger partial charge in [0.1, 0.15) is 11.4 Å². The first-order chi connectivity index (χ1) is 11.6. The Morgan fingerprint density at radius 3 is 2.44 bits per heavy atom. The number of amides is 3. The van der Waals surface area contributed by atoms with Crippen LogP contribution < -0.4 is 20.9 Å². The molecule has 1 rings (SSSR count). The summed E-state index contributed by atoms with van der Waals surface area (Å²) in [5.74, 6) is -0.735. The van der Waals surface area contributed by atoms with E-state index < -0.39 is 23.5 Å². The van der Waals surface area contributed by atoms with E-state index in [1.54, 1.807) is 32.9 Å².